The molecule has 0 saturated heterocycles. The van der Waals surface area contributed by atoms with E-state index < -0.39 is 0 Å². The van der Waals surface area contributed by atoms with Crippen molar-refractivity contribution in [2.45, 2.75) is 32.6 Å². The summed E-state index contributed by atoms with van der Waals surface area (Å²) in [5.41, 5.74) is 2.37. The Balaban J connectivity index is 1.44. The van der Waals surface area contributed by atoms with Gasteiger partial charge in [0.1, 0.15) is 11.5 Å². The number of hydrogen-bond donors (Lipinski definition) is 3. The van der Waals surface area contributed by atoms with Crippen LogP contribution in [0.2, 0.25) is 0 Å². The summed E-state index contributed by atoms with van der Waals surface area (Å²) in [4.78, 5) is 11.7. The van der Waals surface area contributed by atoms with E-state index >= 15 is 0 Å². The molecule has 0 fully saturated rings. The normalized spacial score (nSPS) is 10.3. The van der Waals surface area contributed by atoms with E-state index in [9.17, 15) is 9.90 Å². The number of phenols is 1. The van der Waals surface area contributed by atoms with Crippen LogP contribution in [0.25, 0.3) is 0 Å². The first kappa shape index (κ1) is 19.6. The fourth-order valence-electron chi connectivity index (χ4n) is 2.47. The largest absolute Gasteiger partial charge is 0.508 e. The second kappa shape index (κ2) is 11.0. The third-order valence-corrected chi connectivity index (χ3v) is 4.01. The van der Waals surface area contributed by atoms with Gasteiger partial charge in [0.15, 0.2) is 0 Å². The van der Waals surface area contributed by atoms with E-state index in [1.165, 1.54) is 5.56 Å². The predicted molar refractivity (Wildman–Crippen MR) is 104 cm³/mol. The van der Waals surface area contributed by atoms with Gasteiger partial charge in [0.25, 0.3) is 0 Å². The van der Waals surface area contributed by atoms with Crippen LogP contribution in [0.5, 0.6) is 11.5 Å². The van der Waals surface area contributed by atoms with Crippen LogP contribution >= 0.6 is 0 Å². The Morgan fingerprint density at radius 1 is 0.923 bits per heavy atom. The summed E-state index contributed by atoms with van der Waals surface area (Å²) in [6.45, 7) is 3.97. The van der Waals surface area contributed by atoms with Crippen molar-refractivity contribution in [2.24, 2.45) is 0 Å². The number of ether oxygens (including phenoxy) is 1. The van der Waals surface area contributed by atoms with Crippen molar-refractivity contribution in [2.75, 3.05) is 19.7 Å². The Morgan fingerprint density at radius 3 is 2.27 bits per heavy atom. The van der Waals surface area contributed by atoms with Crippen molar-refractivity contribution < 1.29 is 14.6 Å². The van der Waals surface area contributed by atoms with Crippen LogP contribution < -0.4 is 15.4 Å². The zero-order valence-corrected chi connectivity index (χ0v) is 15.3. The molecule has 0 aliphatic rings. The molecule has 0 spiro atoms. The topological polar surface area (TPSA) is 70.6 Å². The van der Waals surface area contributed by atoms with Crippen LogP contribution in [-0.4, -0.2) is 30.8 Å². The molecule has 0 heterocycles. The smallest absolute Gasteiger partial charge is 0.314 e. The zero-order chi connectivity index (χ0) is 18.6. The van der Waals surface area contributed by atoms with Crippen LogP contribution in [0, 0.1) is 6.92 Å². The first-order valence-electron chi connectivity index (χ1n) is 9.12. The van der Waals surface area contributed by atoms with Gasteiger partial charge in [-0.25, -0.2) is 4.79 Å². The average Bonchev–Trinajstić information content (AvgIpc) is 2.64. The molecule has 0 aliphatic carbocycles. The van der Waals surface area contributed by atoms with Crippen LogP contribution in [0.3, 0.4) is 0 Å². The summed E-state index contributed by atoms with van der Waals surface area (Å²) in [6, 6.07) is 15.0. The summed E-state index contributed by atoms with van der Waals surface area (Å²) in [5.74, 6) is 1.16. The molecule has 0 aromatic heterocycles. The minimum Gasteiger partial charge on any atom is -0.508 e. The number of nitrogens with one attached hydrogen (secondary N) is 2. The number of aryl methyl sites for hydroxylation is 2. The molecule has 0 bridgehead atoms. The molecule has 5 nitrogen and oxygen atoms in total. The number of unbranched alkanes of at least 4 members (excludes halogenated alkanes) is 1. The highest BCUT2D eigenvalue weighted by Crippen LogP contribution is 2.12. The monoisotopic (exact) mass is 356 g/mol. The molecule has 0 radical (unpaired) electrons. The van der Waals surface area contributed by atoms with Crippen molar-refractivity contribution in [3.05, 3.63) is 59.7 Å². The Bertz CT molecular complexity index is 654. The van der Waals surface area contributed by atoms with Crippen LogP contribution in [0.4, 0.5) is 4.79 Å². The number of urea groups is 1. The molecule has 2 amide bonds. The van der Waals surface area contributed by atoms with E-state index in [0.29, 0.717) is 19.7 Å². The lowest BCUT2D eigenvalue weighted by atomic mass is 10.1. The molecule has 2 rings (SSSR count). The minimum atomic E-state index is -0.129. The molecule has 0 unspecified atom stereocenters. The SMILES string of the molecule is Cc1ccc(OCCCCNC(=O)NCCCc2ccc(O)cc2)cc1. The van der Waals surface area contributed by atoms with Gasteiger partial charge >= 0.3 is 6.03 Å². The van der Waals surface area contributed by atoms with Crippen molar-refractivity contribution >= 4 is 6.03 Å². The highest BCUT2D eigenvalue weighted by atomic mass is 16.5. The Kier molecular flexibility index (Phi) is 8.33. The van der Waals surface area contributed by atoms with E-state index in [4.69, 9.17) is 4.74 Å². The van der Waals surface area contributed by atoms with Crippen molar-refractivity contribution in [3.8, 4) is 11.5 Å². The van der Waals surface area contributed by atoms with Gasteiger partial charge in [0, 0.05) is 13.1 Å². The molecule has 3 N–H and O–H groups in total. The first-order valence-corrected chi connectivity index (χ1v) is 9.12. The van der Waals surface area contributed by atoms with E-state index in [0.717, 1.165) is 37.0 Å². The van der Waals surface area contributed by atoms with E-state index in [2.05, 4.69) is 10.6 Å². The highest BCUT2D eigenvalue weighted by Gasteiger charge is 2.00. The quantitative estimate of drug-likeness (QED) is 0.567. The number of carbonyl (C=O) groups is 1. The molecule has 2 aromatic carbocycles. The highest BCUT2D eigenvalue weighted by molar-refractivity contribution is 5.73. The number of amides is 2. The molecule has 0 atom stereocenters. The van der Waals surface area contributed by atoms with Crippen LogP contribution in [-0.2, 0) is 6.42 Å². The lowest BCUT2D eigenvalue weighted by molar-refractivity contribution is 0.240. The first-order chi connectivity index (χ1) is 12.6. The van der Waals surface area contributed by atoms with Gasteiger partial charge in [-0.15, -0.1) is 0 Å². The Hall–Kier alpha value is -2.69. The lowest BCUT2D eigenvalue weighted by Gasteiger charge is -2.09. The molecule has 0 aliphatic heterocycles. The van der Waals surface area contributed by atoms with Gasteiger partial charge in [-0.3, -0.25) is 0 Å². The van der Waals surface area contributed by atoms with Crippen LogP contribution in [0.15, 0.2) is 48.5 Å². The van der Waals surface area contributed by atoms with Crippen LogP contribution in [0.1, 0.15) is 30.4 Å². The van der Waals surface area contributed by atoms with Gasteiger partial charge in [0.05, 0.1) is 6.61 Å². The fraction of sp³-hybridized carbons (Fsp3) is 0.381. The third-order valence-electron chi connectivity index (χ3n) is 4.01. The zero-order valence-electron chi connectivity index (χ0n) is 15.3. The number of carbonyl (C=O) groups excluding carboxylic acids is 1. The molecule has 0 saturated carbocycles. The lowest BCUT2D eigenvalue weighted by Crippen LogP contribution is -2.36. The maximum absolute atomic E-state index is 11.7. The third kappa shape index (κ3) is 7.92. The summed E-state index contributed by atoms with van der Waals surface area (Å²) >= 11 is 0. The summed E-state index contributed by atoms with van der Waals surface area (Å²) < 4.78 is 5.65. The minimum absolute atomic E-state index is 0.129. The molecule has 2 aromatic rings. The van der Waals surface area contributed by atoms with E-state index in [-0.39, 0.29) is 11.8 Å². The van der Waals surface area contributed by atoms with Crippen molar-refractivity contribution in [1.82, 2.24) is 10.6 Å². The Labute approximate surface area is 155 Å². The number of hydrogen-bond acceptors (Lipinski definition) is 3. The maximum Gasteiger partial charge on any atom is 0.314 e. The molecule has 140 valence electrons. The standard InChI is InChI=1S/C21H28N2O3/c1-17-6-12-20(13-7-17)26-16-3-2-14-22-21(25)23-15-4-5-18-8-10-19(24)11-9-18/h6-13,24H,2-5,14-16H2,1H3,(H2,22,23,25). The van der Waals surface area contributed by atoms with E-state index in [1.807, 2.05) is 43.3 Å². The summed E-state index contributed by atoms with van der Waals surface area (Å²) in [6.07, 6.45) is 3.52. The van der Waals surface area contributed by atoms with Crippen molar-refractivity contribution in [1.29, 1.82) is 0 Å². The number of benzene rings is 2. The second-order valence-electron chi connectivity index (χ2n) is 6.32. The predicted octanol–water partition coefficient (Wildman–Crippen LogP) is 3.79. The molecule has 26 heavy (non-hydrogen) atoms. The van der Waals surface area contributed by atoms with E-state index in [1.54, 1.807) is 12.1 Å². The van der Waals surface area contributed by atoms with Gasteiger partial charge in [-0.05, 0) is 62.4 Å². The number of aromatic hydroxyl groups is 1. The number of rotatable bonds is 10. The van der Waals surface area contributed by atoms with Gasteiger partial charge in [-0.2, -0.15) is 0 Å². The second-order valence-corrected chi connectivity index (χ2v) is 6.32. The van der Waals surface area contributed by atoms with Gasteiger partial charge in [0.2, 0.25) is 0 Å². The fourth-order valence-corrected chi connectivity index (χ4v) is 2.47. The Morgan fingerprint density at radius 2 is 1.58 bits per heavy atom. The van der Waals surface area contributed by atoms with Gasteiger partial charge in [-0.1, -0.05) is 29.8 Å². The van der Waals surface area contributed by atoms with Crippen molar-refractivity contribution in [3.63, 3.8) is 0 Å². The average molecular weight is 356 g/mol. The summed E-state index contributed by atoms with van der Waals surface area (Å²) in [5, 5.41) is 14.9. The maximum atomic E-state index is 11.7. The number of phenolic OH excluding ortho intramolecular Hbond substituents is 1. The van der Waals surface area contributed by atoms with Gasteiger partial charge < -0.3 is 20.5 Å². The summed E-state index contributed by atoms with van der Waals surface area (Å²) in [7, 11) is 0. The molecular weight excluding hydrogens is 328 g/mol. The molecular formula is C21H28N2O3. The molecule has 5 heteroatoms.